The maximum absolute atomic E-state index is 11.3. The van der Waals surface area contributed by atoms with Gasteiger partial charge in [0.15, 0.2) is 0 Å². The first-order valence-corrected chi connectivity index (χ1v) is 4.61. The fourth-order valence-electron chi connectivity index (χ4n) is 2.22. The van der Waals surface area contributed by atoms with E-state index in [9.17, 15) is 9.59 Å². The van der Waals surface area contributed by atoms with E-state index in [2.05, 4.69) is 0 Å². The van der Waals surface area contributed by atoms with Crippen LogP contribution in [0.5, 0.6) is 0 Å². The molecule has 0 aromatic rings. The molecule has 0 radical (unpaired) electrons. The van der Waals surface area contributed by atoms with Crippen molar-refractivity contribution in [3.05, 3.63) is 12.2 Å². The molecule has 1 fully saturated rings. The van der Waals surface area contributed by atoms with Gasteiger partial charge in [0.2, 0.25) is 0 Å². The molecule has 3 heteroatoms. The quantitative estimate of drug-likeness (QED) is 0.361. The van der Waals surface area contributed by atoms with Crippen molar-refractivity contribution in [2.24, 2.45) is 17.8 Å². The maximum atomic E-state index is 11.3. The predicted molar refractivity (Wildman–Crippen MR) is 45.9 cm³/mol. The van der Waals surface area contributed by atoms with E-state index in [4.69, 9.17) is 4.74 Å². The molecule has 0 aromatic heterocycles. The Morgan fingerprint density at radius 2 is 2.38 bits per heavy atom. The highest BCUT2D eigenvalue weighted by Gasteiger charge is 2.39. The average Bonchev–Trinajstić information content (AvgIpc) is 2.51. The zero-order valence-electron chi connectivity index (χ0n) is 7.31. The lowest BCUT2D eigenvalue weighted by molar-refractivity contribution is -0.154. The van der Waals surface area contributed by atoms with Gasteiger partial charge in [-0.3, -0.25) is 4.79 Å². The minimum Gasteiger partial charge on any atom is -0.465 e. The van der Waals surface area contributed by atoms with Crippen LogP contribution >= 0.6 is 0 Å². The molecule has 0 amide bonds. The fraction of sp³-hybridized carbons (Fsp3) is 0.600. The van der Waals surface area contributed by atoms with Crippen LogP contribution in [0.15, 0.2) is 12.2 Å². The first-order chi connectivity index (χ1) is 6.33. The van der Waals surface area contributed by atoms with Gasteiger partial charge in [0.1, 0.15) is 6.29 Å². The van der Waals surface area contributed by atoms with Gasteiger partial charge < -0.3 is 9.53 Å². The number of esters is 1. The van der Waals surface area contributed by atoms with Crippen LogP contribution in [0.25, 0.3) is 0 Å². The fourth-order valence-corrected chi connectivity index (χ4v) is 2.22. The predicted octanol–water partition coefficient (Wildman–Crippen LogP) is 0.941. The highest BCUT2D eigenvalue weighted by atomic mass is 16.5. The van der Waals surface area contributed by atoms with Crippen molar-refractivity contribution in [1.29, 1.82) is 0 Å². The van der Waals surface area contributed by atoms with Crippen LogP contribution < -0.4 is 0 Å². The Morgan fingerprint density at radius 1 is 1.54 bits per heavy atom. The van der Waals surface area contributed by atoms with E-state index in [1.165, 1.54) is 0 Å². The van der Waals surface area contributed by atoms with Gasteiger partial charge in [-0.25, -0.2) is 0 Å². The standard InChI is InChI=1S/C10H12O3/c11-5-3-7-1-2-9-8(7)4-6-13-10(9)12/h1-2,5,7-9H,3-4,6H2. The lowest BCUT2D eigenvalue weighted by atomic mass is 9.83. The topological polar surface area (TPSA) is 43.4 Å². The lowest BCUT2D eigenvalue weighted by Crippen LogP contribution is -2.31. The van der Waals surface area contributed by atoms with E-state index in [-0.39, 0.29) is 17.8 Å². The van der Waals surface area contributed by atoms with E-state index in [1.54, 1.807) is 0 Å². The number of carbonyl (C=O) groups is 2. The summed E-state index contributed by atoms with van der Waals surface area (Å²) in [4.78, 5) is 21.6. The van der Waals surface area contributed by atoms with Crippen molar-refractivity contribution >= 4 is 12.3 Å². The van der Waals surface area contributed by atoms with Gasteiger partial charge >= 0.3 is 5.97 Å². The number of ether oxygens (including phenoxy) is 1. The molecule has 1 aliphatic heterocycles. The first kappa shape index (κ1) is 8.48. The van der Waals surface area contributed by atoms with E-state index in [1.807, 2.05) is 12.2 Å². The normalized spacial score (nSPS) is 36.9. The molecule has 2 rings (SSSR count). The number of allylic oxidation sites excluding steroid dienone is 1. The Balaban J connectivity index is 2.09. The maximum Gasteiger partial charge on any atom is 0.313 e. The van der Waals surface area contributed by atoms with Gasteiger partial charge in [-0.1, -0.05) is 12.2 Å². The van der Waals surface area contributed by atoms with Gasteiger partial charge in [-0.05, 0) is 18.3 Å². The Bertz CT molecular complexity index is 257. The van der Waals surface area contributed by atoms with Crippen LogP contribution in [0.1, 0.15) is 12.8 Å². The molecular weight excluding hydrogens is 168 g/mol. The average molecular weight is 180 g/mol. The van der Waals surface area contributed by atoms with Crippen LogP contribution in [0, 0.1) is 17.8 Å². The molecule has 0 N–H and O–H groups in total. The summed E-state index contributed by atoms with van der Waals surface area (Å²) in [5.41, 5.74) is 0. The SMILES string of the molecule is O=CCC1C=CC2C(=O)OCCC12. The molecule has 70 valence electrons. The van der Waals surface area contributed by atoms with Crippen molar-refractivity contribution in [1.82, 2.24) is 0 Å². The van der Waals surface area contributed by atoms with Gasteiger partial charge in [0, 0.05) is 6.42 Å². The van der Waals surface area contributed by atoms with Gasteiger partial charge in [-0.2, -0.15) is 0 Å². The van der Waals surface area contributed by atoms with Crippen molar-refractivity contribution < 1.29 is 14.3 Å². The summed E-state index contributed by atoms with van der Waals surface area (Å²) in [5.74, 6) is 0.362. The third-order valence-corrected chi connectivity index (χ3v) is 2.91. The molecular formula is C10H12O3. The van der Waals surface area contributed by atoms with E-state index in [0.29, 0.717) is 18.9 Å². The van der Waals surface area contributed by atoms with Crippen molar-refractivity contribution in [2.45, 2.75) is 12.8 Å². The van der Waals surface area contributed by atoms with Crippen LogP contribution in [0.4, 0.5) is 0 Å². The molecule has 2 aliphatic rings. The molecule has 0 spiro atoms. The summed E-state index contributed by atoms with van der Waals surface area (Å²) in [6.07, 6.45) is 6.22. The summed E-state index contributed by atoms with van der Waals surface area (Å²) in [6, 6.07) is 0. The van der Waals surface area contributed by atoms with Crippen LogP contribution in [0.2, 0.25) is 0 Å². The second-order valence-corrected chi connectivity index (χ2v) is 3.60. The molecule has 3 atom stereocenters. The van der Waals surface area contributed by atoms with Crippen molar-refractivity contribution in [3.8, 4) is 0 Å². The second kappa shape index (κ2) is 3.32. The minimum absolute atomic E-state index is 0.0845. The third kappa shape index (κ3) is 1.39. The number of carbonyl (C=O) groups excluding carboxylic acids is 2. The first-order valence-electron chi connectivity index (χ1n) is 4.61. The lowest BCUT2D eigenvalue weighted by Gasteiger charge is -2.27. The number of aldehydes is 1. The molecule has 3 nitrogen and oxygen atoms in total. The van der Waals surface area contributed by atoms with Crippen molar-refractivity contribution in [2.75, 3.05) is 6.61 Å². The number of fused-ring (bicyclic) bond motifs is 1. The molecule has 13 heavy (non-hydrogen) atoms. The molecule has 0 aromatic carbocycles. The largest absolute Gasteiger partial charge is 0.465 e. The van der Waals surface area contributed by atoms with Gasteiger partial charge in [-0.15, -0.1) is 0 Å². The van der Waals surface area contributed by atoms with E-state index < -0.39 is 0 Å². The highest BCUT2D eigenvalue weighted by Crippen LogP contribution is 2.38. The Kier molecular flexibility index (Phi) is 2.17. The van der Waals surface area contributed by atoms with Crippen molar-refractivity contribution in [3.63, 3.8) is 0 Å². The molecule has 1 heterocycles. The second-order valence-electron chi connectivity index (χ2n) is 3.60. The smallest absolute Gasteiger partial charge is 0.313 e. The number of hydrogen-bond donors (Lipinski definition) is 0. The molecule has 0 bridgehead atoms. The number of cyclic esters (lactones) is 1. The molecule has 3 unspecified atom stereocenters. The third-order valence-electron chi connectivity index (χ3n) is 2.91. The van der Waals surface area contributed by atoms with Gasteiger partial charge in [0.05, 0.1) is 12.5 Å². The number of rotatable bonds is 2. The molecule has 1 aliphatic carbocycles. The van der Waals surface area contributed by atoms with Crippen LogP contribution in [-0.2, 0) is 14.3 Å². The van der Waals surface area contributed by atoms with E-state index >= 15 is 0 Å². The zero-order valence-corrected chi connectivity index (χ0v) is 7.31. The summed E-state index contributed by atoms with van der Waals surface area (Å²) in [7, 11) is 0. The Hall–Kier alpha value is -1.12. The van der Waals surface area contributed by atoms with Crippen LogP contribution in [-0.4, -0.2) is 18.9 Å². The summed E-state index contributed by atoms with van der Waals surface area (Å²) < 4.78 is 4.94. The monoisotopic (exact) mass is 180 g/mol. The molecule has 1 saturated heterocycles. The number of hydrogen-bond acceptors (Lipinski definition) is 3. The Labute approximate surface area is 76.8 Å². The van der Waals surface area contributed by atoms with Gasteiger partial charge in [0.25, 0.3) is 0 Å². The van der Waals surface area contributed by atoms with Crippen LogP contribution in [0.3, 0.4) is 0 Å². The molecule has 0 saturated carbocycles. The summed E-state index contributed by atoms with van der Waals surface area (Å²) in [6.45, 7) is 0.511. The Morgan fingerprint density at radius 3 is 3.15 bits per heavy atom. The van der Waals surface area contributed by atoms with E-state index in [0.717, 1.165) is 12.7 Å². The minimum atomic E-state index is -0.124. The summed E-state index contributed by atoms with van der Waals surface area (Å²) in [5, 5.41) is 0. The zero-order chi connectivity index (χ0) is 9.26. The highest BCUT2D eigenvalue weighted by molar-refractivity contribution is 5.76. The summed E-state index contributed by atoms with van der Waals surface area (Å²) >= 11 is 0.